The van der Waals surface area contributed by atoms with Gasteiger partial charge in [0.25, 0.3) is 0 Å². The van der Waals surface area contributed by atoms with E-state index in [0.717, 1.165) is 25.8 Å². The number of aliphatic carboxylic acids is 1. The van der Waals surface area contributed by atoms with Gasteiger partial charge in [-0.2, -0.15) is 0 Å². The predicted octanol–water partition coefficient (Wildman–Crippen LogP) is 0.853. The number of carbonyl (C=O) groups is 2. The van der Waals surface area contributed by atoms with E-state index in [1.165, 1.54) is 0 Å². The Labute approximate surface area is 119 Å². The quantitative estimate of drug-likeness (QED) is 0.805. The number of amides is 2. The molecule has 3 atom stereocenters. The Bertz CT molecular complexity index is 372. The zero-order valence-electron chi connectivity index (χ0n) is 12.0. The summed E-state index contributed by atoms with van der Waals surface area (Å²) in [6.45, 7) is 4.31. The van der Waals surface area contributed by atoms with Crippen LogP contribution in [0.1, 0.15) is 26.2 Å². The third kappa shape index (κ3) is 3.23. The summed E-state index contributed by atoms with van der Waals surface area (Å²) < 4.78 is 0. The van der Waals surface area contributed by atoms with Crippen molar-refractivity contribution < 1.29 is 19.8 Å². The van der Waals surface area contributed by atoms with Gasteiger partial charge >= 0.3 is 12.0 Å². The van der Waals surface area contributed by atoms with E-state index in [9.17, 15) is 9.59 Å². The van der Waals surface area contributed by atoms with Crippen molar-refractivity contribution >= 4 is 12.0 Å². The zero-order chi connectivity index (χ0) is 14.7. The zero-order valence-corrected chi connectivity index (χ0v) is 12.0. The number of carboxylic acid groups (broad SMARTS) is 1. The summed E-state index contributed by atoms with van der Waals surface area (Å²) >= 11 is 0. The van der Waals surface area contributed by atoms with Crippen LogP contribution in [0.4, 0.5) is 4.79 Å². The second kappa shape index (κ2) is 6.43. The minimum atomic E-state index is -0.815. The van der Waals surface area contributed by atoms with E-state index in [0.29, 0.717) is 25.6 Å². The van der Waals surface area contributed by atoms with Crippen LogP contribution in [-0.2, 0) is 4.79 Å². The Kier molecular flexibility index (Phi) is 4.86. The third-order valence-electron chi connectivity index (χ3n) is 4.53. The van der Waals surface area contributed by atoms with Crippen molar-refractivity contribution in [3.05, 3.63) is 0 Å². The molecule has 2 N–H and O–H groups in total. The summed E-state index contributed by atoms with van der Waals surface area (Å²) in [7, 11) is 0. The van der Waals surface area contributed by atoms with E-state index in [-0.39, 0.29) is 18.6 Å². The lowest BCUT2D eigenvalue weighted by Crippen LogP contribution is -2.47. The number of aliphatic hydroxyl groups excluding tert-OH is 1. The smallest absolute Gasteiger partial charge is 0.320 e. The fourth-order valence-electron chi connectivity index (χ4n) is 3.30. The van der Waals surface area contributed by atoms with Gasteiger partial charge in [-0.05, 0) is 31.1 Å². The average Bonchev–Trinajstić information content (AvgIpc) is 2.81. The summed E-state index contributed by atoms with van der Waals surface area (Å²) in [5.41, 5.74) is 0. The first-order chi connectivity index (χ1) is 9.52. The van der Waals surface area contributed by atoms with E-state index in [4.69, 9.17) is 10.2 Å². The molecule has 20 heavy (non-hydrogen) atoms. The van der Waals surface area contributed by atoms with Crippen LogP contribution in [-0.4, -0.2) is 64.8 Å². The molecule has 2 aliphatic rings. The molecular formula is C14H24N2O4. The second-order valence-corrected chi connectivity index (χ2v) is 6.08. The molecule has 6 nitrogen and oxygen atoms in total. The fourth-order valence-corrected chi connectivity index (χ4v) is 3.30. The van der Waals surface area contributed by atoms with Crippen molar-refractivity contribution in [2.24, 2.45) is 17.8 Å². The van der Waals surface area contributed by atoms with Crippen molar-refractivity contribution in [2.45, 2.75) is 26.2 Å². The van der Waals surface area contributed by atoms with Crippen molar-refractivity contribution in [1.82, 2.24) is 9.80 Å². The number of hydrogen-bond donors (Lipinski definition) is 2. The molecule has 0 saturated carbocycles. The average molecular weight is 284 g/mol. The van der Waals surface area contributed by atoms with Crippen LogP contribution in [0.25, 0.3) is 0 Å². The van der Waals surface area contributed by atoms with Gasteiger partial charge in [-0.3, -0.25) is 4.79 Å². The lowest BCUT2D eigenvalue weighted by molar-refractivity contribution is -0.142. The summed E-state index contributed by atoms with van der Waals surface area (Å²) in [5, 5.41) is 18.1. The van der Waals surface area contributed by atoms with Crippen molar-refractivity contribution in [3.63, 3.8) is 0 Å². The van der Waals surface area contributed by atoms with Crippen molar-refractivity contribution in [2.75, 3.05) is 32.8 Å². The van der Waals surface area contributed by atoms with Gasteiger partial charge in [-0.15, -0.1) is 0 Å². The van der Waals surface area contributed by atoms with Gasteiger partial charge in [-0.25, -0.2) is 4.79 Å². The van der Waals surface area contributed by atoms with Gasteiger partial charge in [0.1, 0.15) is 0 Å². The van der Waals surface area contributed by atoms with Crippen LogP contribution in [0.5, 0.6) is 0 Å². The normalized spacial score (nSPS) is 30.6. The highest BCUT2D eigenvalue weighted by atomic mass is 16.4. The van der Waals surface area contributed by atoms with E-state index in [2.05, 4.69) is 0 Å². The molecule has 2 aliphatic heterocycles. The maximum absolute atomic E-state index is 12.5. The Morgan fingerprint density at radius 1 is 1.20 bits per heavy atom. The largest absolute Gasteiger partial charge is 0.481 e. The van der Waals surface area contributed by atoms with Gasteiger partial charge in [0, 0.05) is 32.8 Å². The molecule has 2 fully saturated rings. The van der Waals surface area contributed by atoms with Gasteiger partial charge in [-0.1, -0.05) is 6.92 Å². The maximum atomic E-state index is 12.5. The fraction of sp³-hybridized carbons (Fsp3) is 0.857. The molecule has 0 aromatic rings. The predicted molar refractivity (Wildman–Crippen MR) is 73.3 cm³/mol. The minimum Gasteiger partial charge on any atom is -0.481 e. The number of carbonyl (C=O) groups excluding carboxylic acids is 1. The Hall–Kier alpha value is -1.30. The third-order valence-corrected chi connectivity index (χ3v) is 4.53. The number of urea groups is 1. The summed E-state index contributed by atoms with van der Waals surface area (Å²) in [5.74, 6) is -0.885. The SMILES string of the molecule is C[C@@H]1CN(C(=O)N2CCCC(CCO)C2)C[C@H]1C(=O)O. The summed E-state index contributed by atoms with van der Waals surface area (Å²) in [6.07, 6.45) is 2.75. The van der Waals surface area contributed by atoms with E-state index in [1.54, 1.807) is 4.90 Å². The molecule has 114 valence electrons. The van der Waals surface area contributed by atoms with Crippen LogP contribution < -0.4 is 0 Å². The highest BCUT2D eigenvalue weighted by Gasteiger charge is 2.39. The molecule has 1 unspecified atom stereocenters. The van der Waals surface area contributed by atoms with Crippen molar-refractivity contribution in [3.8, 4) is 0 Å². The second-order valence-electron chi connectivity index (χ2n) is 6.08. The molecule has 0 spiro atoms. The van der Waals surface area contributed by atoms with Gasteiger partial charge in [0.2, 0.25) is 0 Å². The van der Waals surface area contributed by atoms with Gasteiger partial charge < -0.3 is 20.0 Å². The maximum Gasteiger partial charge on any atom is 0.320 e. The van der Waals surface area contributed by atoms with Crippen LogP contribution in [0.15, 0.2) is 0 Å². The van der Waals surface area contributed by atoms with Crippen molar-refractivity contribution in [1.29, 1.82) is 0 Å². The lowest BCUT2D eigenvalue weighted by atomic mass is 9.95. The van der Waals surface area contributed by atoms with Crippen LogP contribution in [0, 0.1) is 17.8 Å². The molecule has 0 radical (unpaired) electrons. The standard InChI is InChI=1S/C14H24N2O4/c1-10-7-16(9-12(10)13(18)19)14(20)15-5-2-3-11(8-15)4-6-17/h10-12,17H,2-9H2,1H3,(H,18,19)/t10-,11?,12-/m1/s1. The highest BCUT2D eigenvalue weighted by molar-refractivity contribution is 5.77. The van der Waals surface area contributed by atoms with Gasteiger partial charge in [0.15, 0.2) is 0 Å². The Morgan fingerprint density at radius 3 is 2.55 bits per heavy atom. The van der Waals surface area contributed by atoms with Crippen LogP contribution in [0.2, 0.25) is 0 Å². The molecule has 6 heteroatoms. The first-order valence-electron chi connectivity index (χ1n) is 7.40. The molecule has 0 bridgehead atoms. The van der Waals surface area contributed by atoms with E-state index < -0.39 is 11.9 Å². The molecule has 0 aromatic carbocycles. The van der Waals surface area contributed by atoms with Crippen LogP contribution >= 0.6 is 0 Å². The van der Waals surface area contributed by atoms with Crippen LogP contribution in [0.3, 0.4) is 0 Å². The Balaban J connectivity index is 1.93. The topological polar surface area (TPSA) is 81.1 Å². The molecule has 2 amide bonds. The Morgan fingerprint density at radius 2 is 1.95 bits per heavy atom. The molecule has 2 heterocycles. The molecular weight excluding hydrogens is 260 g/mol. The summed E-state index contributed by atoms with van der Waals surface area (Å²) in [4.78, 5) is 27.1. The number of aliphatic hydroxyl groups is 1. The summed E-state index contributed by atoms with van der Waals surface area (Å²) in [6, 6.07) is -0.0387. The molecule has 2 saturated heterocycles. The lowest BCUT2D eigenvalue weighted by Gasteiger charge is -2.35. The molecule has 0 aliphatic carbocycles. The number of piperidine rings is 1. The first-order valence-corrected chi connectivity index (χ1v) is 7.40. The monoisotopic (exact) mass is 284 g/mol. The van der Waals surface area contributed by atoms with Gasteiger partial charge in [0.05, 0.1) is 5.92 Å². The number of rotatable bonds is 3. The molecule has 0 aromatic heterocycles. The minimum absolute atomic E-state index is 0.00878. The molecule has 2 rings (SSSR count). The number of carboxylic acids is 1. The number of hydrogen-bond acceptors (Lipinski definition) is 3. The number of likely N-dealkylation sites (tertiary alicyclic amines) is 2. The van der Waals surface area contributed by atoms with E-state index >= 15 is 0 Å². The number of nitrogens with zero attached hydrogens (tertiary/aromatic N) is 2. The first kappa shape index (κ1) is 15.1. The highest BCUT2D eigenvalue weighted by Crippen LogP contribution is 2.26. The van der Waals surface area contributed by atoms with E-state index in [1.807, 2.05) is 11.8 Å².